The summed E-state index contributed by atoms with van der Waals surface area (Å²) in [5.74, 6) is 0.0530. The number of pyridine rings is 1. The summed E-state index contributed by atoms with van der Waals surface area (Å²) in [6, 6.07) is 3.87. The largest absolute Gasteiger partial charge is 0.352 e. The molecule has 0 spiro atoms. The van der Waals surface area contributed by atoms with Crippen molar-refractivity contribution in [2.45, 2.75) is 39.7 Å². The first-order valence-electron chi connectivity index (χ1n) is 6.32. The van der Waals surface area contributed by atoms with Gasteiger partial charge < -0.3 is 11.1 Å². The van der Waals surface area contributed by atoms with Gasteiger partial charge >= 0.3 is 0 Å². The normalized spacial score (nSPS) is 13.1. The summed E-state index contributed by atoms with van der Waals surface area (Å²) in [4.78, 5) is 15.8. The number of hydrogen-bond acceptors (Lipinski definition) is 3. The molecule has 0 aliphatic rings. The van der Waals surface area contributed by atoms with E-state index in [-0.39, 0.29) is 17.4 Å². The highest BCUT2D eigenvalue weighted by Gasteiger charge is 2.24. The van der Waals surface area contributed by atoms with Crippen LogP contribution in [-0.2, 0) is 11.2 Å². The van der Waals surface area contributed by atoms with Gasteiger partial charge in [0.1, 0.15) is 0 Å². The van der Waals surface area contributed by atoms with Crippen LogP contribution in [0.2, 0.25) is 0 Å². The minimum absolute atomic E-state index is 0.0128. The van der Waals surface area contributed by atoms with Gasteiger partial charge in [-0.15, -0.1) is 0 Å². The Bertz CT molecular complexity index is 370. The van der Waals surface area contributed by atoms with Crippen LogP contribution in [0, 0.1) is 5.41 Å². The van der Waals surface area contributed by atoms with Gasteiger partial charge in [-0.2, -0.15) is 0 Å². The van der Waals surface area contributed by atoms with Crippen LogP contribution in [0.15, 0.2) is 24.5 Å². The summed E-state index contributed by atoms with van der Waals surface area (Å²) in [5, 5.41) is 3.00. The van der Waals surface area contributed by atoms with E-state index in [4.69, 9.17) is 5.73 Å². The Morgan fingerprint density at radius 3 is 2.50 bits per heavy atom. The van der Waals surface area contributed by atoms with Crippen molar-refractivity contribution < 1.29 is 4.79 Å². The number of nitrogens with two attached hydrogens (primary N) is 1. The van der Waals surface area contributed by atoms with E-state index in [1.165, 1.54) is 0 Å². The van der Waals surface area contributed by atoms with E-state index in [0.717, 1.165) is 12.0 Å². The van der Waals surface area contributed by atoms with Crippen LogP contribution in [0.4, 0.5) is 0 Å². The van der Waals surface area contributed by atoms with Gasteiger partial charge in [0.25, 0.3) is 0 Å². The lowest BCUT2D eigenvalue weighted by Gasteiger charge is -2.30. The van der Waals surface area contributed by atoms with Gasteiger partial charge in [0.15, 0.2) is 0 Å². The standard InChI is InChI=1S/C14H23N3O/c1-14(2,3)12(10-15)17-13(18)5-4-11-6-8-16-9-7-11/h6-9,12H,4-5,10,15H2,1-3H3,(H,17,18). The van der Waals surface area contributed by atoms with Crippen molar-refractivity contribution in [3.8, 4) is 0 Å². The molecule has 0 fully saturated rings. The first-order chi connectivity index (χ1) is 8.43. The first kappa shape index (κ1) is 14.6. The summed E-state index contributed by atoms with van der Waals surface area (Å²) in [6.07, 6.45) is 4.70. The quantitative estimate of drug-likeness (QED) is 0.831. The van der Waals surface area contributed by atoms with Crippen molar-refractivity contribution in [1.29, 1.82) is 0 Å². The molecular weight excluding hydrogens is 226 g/mol. The molecule has 1 aromatic rings. The van der Waals surface area contributed by atoms with Crippen LogP contribution in [0.1, 0.15) is 32.8 Å². The molecule has 4 heteroatoms. The molecule has 0 radical (unpaired) electrons. The summed E-state index contributed by atoms with van der Waals surface area (Å²) < 4.78 is 0. The van der Waals surface area contributed by atoms with E-state index in [1.54, 1.807) is 12.4 Å². The van der Waals surface area contributed by atoms with E-state index in [0.29, 0.717) is 13.0 Å². The number of carbonyl (C=O) groups is 1. The van der Waals surface area contributed by atoms with E-state index in [1.807, 2.05) is 12.1 Å². The second kappa shape index (κ2) is 6.50. The molecule has 0 bridgehead atoms. The number of rotatable bonds is 5. The summed E-state index contributed by atoms with van der Waals surface area (Å²) >= 11 is 0. The Kier molecular flexibility index (Phi) is 5.28. The molecule has 4 nitrogen and oxygen atoms in total. The topological polar surface area (TPSA) is 68.0 Å². The maximum Gasteiger partial charge on any atom is 0.220 e. The molecule has 1 atom stereocenters. The van der Waals surface area contributed by atoms with Crippen molar-refractivity contribution in [2.24, 2.45) is 11.1 Å². The van der Waals surface area contributed by atoms with Crippen molar-refractivity contribution >= 4 is 5.91 Å². The number of hydrogen-bond donors (Lipinski definition) is 2. The van der Waals surface area contributed by atoms with Gasteiger partial charge in [-0.3, -0.25) is 9.78 Å². The van der Waals surface area contributed by atoms with Gasteiger partial charge in [-0.1, -0.05) is 20.8 Å². The average molecular weight is 249 g/mol. The van der Waals surface area contributed by atoms with E-state index in [2.05, 4.69) is 31.1 Å². The SMILES string of the molecule is CC(C)(C)C(CN)NC(=O)CCc1ccncc1. The van der Waals surface area contributed by atoms with Crippen molar-refractivity contribution in [2.75, 3.05) is 6.54 Å². The lowest BCUT2D eigenvalue weighted by Crippen LogP contribution is -2.48. The molecule has 1 heterocycles. The van der Waals surface area contributed by atoms with E-state index in [9.17, 15) is 4.79 Å². The van der Waals surface area contributed by atoms with E-state index < -0.39 is 0 Å². The molecule has 0 saturated carbocycles. The zero-order chi connectivity index (χ0) is 13.6. The molecule has 0 saturated heterocycles. The molecular formula is C14H23N3O. The highest BCUT2D eigenvalue weighted by molar-refractivity contribution is 5.76. The molecule has 0 aromatic carbocycles. The number of carbonyl (C=O) groups excluding carboxylic acids is 1. The predicted molar refractivity (Wildman–Crippen MR) is 73.0 cm³/mol. The molecule has 1 unspecified atom stereocenters. The van der Waals surface area contributed by atoms with Crippen molar-refractivity contribution in [1.82, 2.24) is 10.3 Å². The van der Waals surface area contributed by atoms with Crippen LogP contribution in [-0.4, -0.2) is 23.5 Å². The maximum atomic E-state index is 11.9. The summed E-state index contributed by atoms with van der Waals surface area (Å²) in [6.45, 7) is 6.69. The fourth-order valence-corrected chi connectivity index (χ4v) is 1.70. The summed E-state index contributed by atoms with van der Waals surface area (Å²) in [7, 11) is 0. The highest BCUT2D eigenvalue weighted by atomic mass is 16.1. The third-order valence-corrected chi connectivity index (χ3v) is 3.01. The van der Waals surface area contributed by atoms with Gasteiger partial charge in [0.2, 0.25) is 5.91 Å². The predicted octanol–water partition coefficient (Wildman–Crippen LogP) is 1.50. The third kappa shape index (κ3) is 4.84. The monoisotopic (exact) mass is 249 g/mol. The third-order valence-electron chi connectivity index (χ3n) is 3.01. The maximum absolute atomic E-state index is 11.9. The van der Waals surface area contributed by atoms with Crippen LogP contribution in [0.3, 0.4) is 0 Å². The minimum Gasteiger partial charge on any atom is -0.352 e. The van der Waals surface area contributed by atoms with E-state index >= 15 is 0 Å². The number of aromatic nitrogens is 1. The second-order valence-corrected chi connectivity index (χ2v) is 5.58. The Hall–Kier alpha value is -1.42. The summed E-state index contributed by atoms with van der Waals surface area (Å²) in [5.41, 5.74) is 6.80. The Balaban J connectivity index is 2.42. The molecule has 18 heavy (non-hydrogen) atoms. The van der Waals surface area contributed by atoms with Gasteiger partial charge in [0.05, 0.1) is 0 Å². The lowest BCUT2D eigenvalue weighted by molar-refractivity contribution is -0.122. The number of aryl methyl sites for hydroxylation is 1. The molecule has 0 aliphatic heterocycles. The number of nitrogens with one attached hydrogen (secondary N) is 1. The number of amides is 1. The van der Waals surface area contributed by atoms with Crippen LogP contribution < -0.4 is 11.1 Å². The smallest absolute Gasteiger partial charge is 0.220 e. The van der Waals surface area contributed by atoms with Crippen LogP contribution >= 0.6 is 0 Å². The Morgan fingerprint density at radius 2 is 2.00 bits per heavy atom. The van der Waals surface area contributed by atoms with Crippen molar-refractivity contribution in [3.05, 3.63) is 30.1 Å². The molecule has 1 rings (SSSR count). The Labute approximate surface area is 109 Å². The van der Waals surface area contributed by atoms with Gasteiger partial charge in [-0.05, 0) is 29.5 Å². The molecule has 100 valence electrons. The highest BCUT2D eigenvalue weighted by Crippen LogP contribution is 2.18. The molecule has 0 aliphatic carbocycles. The van der Waals surface area contributed by atoms with Gasteiger partial charge in [-0.25, -0.2) is 0 Å². The minimum atomic E-state index is -0.0128. The second-order valence-electron chi connectivity index (χ2n) is 5.58. The van der Waals surface area contributed by atoms with Crippen molar-refractivity contribution in [3.63, 3.8) is 0 Å². The zero-order valence-corrected chi connectivity index (χ0v) is 11.4. The molecule has 1 amide bonds. The lowest BCUT2D eigenvalue weighted by atomic mass is 9.86. The zero-order valence-electron chi connectivity index (χ0n) is 11.4. The van der Waals surface area contributed by atoms with Crippen LogP contribution in [0.25, 0.3) is 0 Å². The Morgan fingerprint density at radius 1 is 1.39 bits per heavy atom. The van der Waals surface area contributed by atoms with Gasteiger partial charge in [0, 0.05) is 31.4 Å². The molecule has 3 N–H and O–H groups in total. The molecule has 1 aromatic heterocycles. The fraction of sp³-hybridized carbons (Fsp3) is 0.571. The van der Waals surface area contributed by atoms with Crippen LogP contribution in [0.5, 0.6) is 0 Å². The first-order valence-corrected chi connectivity index (χ1v) is 6.32. The average Bonchev–Trinajstić information content (AvgIpc) is 2.33. The number of nitrogens with zero attached hydrogens (tertiary/aromatic N) is 1. The fourth-order valence-electron chi connectivity index (χ4n) is 1.70.